The molecule has 0 atom stereocenters. The first-order chi connectivity index (χ1) is 11.2. The Morgan fingerprint density at radius 3 is 2.87 bits per heavy atom. The number of ether oxygens (including phenoxy) is 1. The van der Waals surface area contributed by atoms with Crippen molar-refractivity contribution in [3.63, 3.8) is 0 Å². The SMILES string of the molecule is CCOc1ccc2[nH]c(=O)c(CN(C)Cc3ccno3)cc2c1. The molecule has 0 saturated heterocycles. The summed E-state index contributed by atoms with van der Waals surface area (Å²) in [5.41, 5.74) is 1.43. The molecular formula is C17H19N3O3. The second kappa shape index (κ2) is 6.66. The highest BCUT2D eigenvalue weighted by atomic mass is 16.5. The maximum absolute atomic E-state index is 12.2. The van der Waals surface area contributed by atoms with Crippen LogP contribution in [0.1, 0.15) is 18.2 Å². The number of pyridine rings is 1. The Bertz CT molecular complexity index is 840. The van der Waals surface area contributed by atoms with E-state index in [1.807, 2.05) is 49.2 Å². The highest BCUT2D eigenvalue weighted by Crippen LogP contribution is 2.19. The summed E-state index contributed by atoms with van der Waals surface area (Å²) < 4.78 is 10.6. The molecule has 0 spiro atoms. The maximum atomic E-state index is 12.2. The third kappa shape index (κ3) is 3.60. The van der Waals surface area contributed by atoms with Crippen LogP contribution < -0.4 is 10.3 Å². The fraction of sp³-hybridized carbons (Fsp3) is 0.294. The summed E-state index contributed by atoms with van der Waals surface area (Å²) in [5, 5.41) is 4.64. The first-order valence-electron chi connectivity index (χ1n) is 7.52. The van der Waals surface area contributed by atoms with Gasteiger partial charge in [-0.25, -0.2) is 0 Å². The normalized spacial score (nSPS) is 11.3. The number of benzene rings is 1. The van der Waals surface area contributed by atoms with Gasteiger partial charge in [0.2, 0.25) is 0 Å². The maximum Gasteiger partial charge on any atom is 0.252 e. The van der Waals surface area contributed by atoms with Gasteiger partial charge in [-0.05, 0) is 38.2 Å². The van der Waals surface area contributed by atoms with Crippen LogP contribution in [0.4, 0.5) is 0 Å². The summed E-state index contributed by atoms with van der Waals surface area (Å²) in [6.07, 6.45) is 1.61. The molecule has 6 nitrogen and oxygen atoms in total. The molecule has 23 heavy (non-hydrogen) atoms. The monoisotopic (exact) mass is 313 g/mol. The first-order valence-corrected chi connectivity index (χ1v) is 7.52. The second-order valence-corrected chi connectivity index (χ2v) is 5.46. The van der Waals surface area contributed by atoms with Crippen molar-refractivity contribution in [1.82, 2.24) is 15.0 Å². The molecule has 3 aromatic rings. The number of aromatic amines is 1. The minimum absolute atomic E-state index is 0.0777. The van der Waals surface area contributed by atoms with Gasteiger partial charge in [-0.1, -0.05) is 5.16 Å². The average molecular weight is 313 g/mol. The van der Waals surface area contributed by atoms with E-state index in [4.69, 9.17) is 9.26 Å². The van der Waals surface area contributed by atoms with E-state index >= 15 is 0 Å². The minimum atomic E-state index is -0.0777. The summed E-state index contributed by atoms with van der Waals surface area (Å²) in [4.78, 5) is 17.2. The van der Waals surface area contributed by atoms with Crippen LogP contribution in [-0.2, 0) is 13.1 Å². The van der Waals surface area contributed by atoms with E-state index < -0.39 is 0 Å². The molecule has 3 rings (SSSR count). The third-order valence-electron chi connectivity index (χ3n) is 3.56. The van der Waals surface area contributed by atoms with E-state index in [2.05, 4.69) is 10.1 Å². The van der Waals surface area contributed by atoms with Crippen LogP contribution in [0.15, 0.2) is 45.8 Å². The van der Waals surface area contributed by atoms with Crippen molar-refractivity contribution in [2.24, 2.45) is 0 Å². The van der Waals surface area contributed by atoms with Gasteiger partial charge in [0.1, 0.15) is 5.75 Å². The number of nitrogens with zero attached hydrogens (tertiary/aromatic N) is 2. The Labute approximate surface area is 133 Å². The van der Waals surface area contributed by atoms with Gasteiger partial charge in [-0.15, -0.1) is 0 Å². The highest BCUT2D eigenvalue weighted by Gasteiger charge is 2.09. The predicted molar refractivity (Wildman–Crippen MR) is 87.4 cm³/mol. The van der Waals surface area contributed by atoms with Gasteiger partial charge in [0.25, 0.3) is 5.56 Å². The summed E-state index contributed by atoms with van der Waals surface area (Å²) in [6.45, 7) is 3.67. The number of rotatable bonds is 6. The van der Waals surface area contributed by atoms with Gasteiger partial charge in [-0.3, -0.25) is 9.69 Å². The van der Waals surface area contributed by atoms with Crippen LogP contribution in [0.5, 0.6) is 5.75 Å². The van der Waals surface area contributed by atoms with Crippen molar-refractivity contribution in [2.45, 2.75) is 20.0 Å². The van der Waals surface area contributed by atoms with Crippen LogP contribution in [0.25, 0.3) is 10.9 Å². The topological polar surface area (TPSA) is 71.4 Å². The molecule has 0 bridgehead atoms. The zero-order chi connectivity index (χ0) is 16.2. The lowest BCUT2D eigenvalue weighted by molar-refractivity contribution is 0.266. The number of fused-ring (bicyclic) bond motifs is 1. The van der Waals surface area contributed by atoms with Crippen LogP contribution in [0.3, 0.4) is 0 Å². The summed E-state index contributed by atoms with van der Waals surface area (Å²) in [5.74, 6) is 1.57. The zero-order valence-corrected chi connectivity index (χ0v) is 13.2. The van der Waals surface area contributed by atoms with E-state index in [9.17, 15) is 4.79 Å². The molecular weight excluding hydrogens is 294 g/mol. The minimum Gasteiger partial charge on any atom is -0.494 e. The molecule has 0 fully saturated rings. The van der Waals surface area contributed by atoms with E-state index in [1.54, 1.807) is 6.20 Å². The van der Waals surface area contributed by atoms with Gasteiger partial charge in [0, 0.05) is 29.1 Å². The molecule has 0 amide bonds. The van der Waals surface area contributed by atoms with E-state index in [0.717, 1.165) is 22.4 Å². The Morgan fingerprint density at radius 2 is 2.13 bits per heavy atom. The Hall–Kier alpha value is -2.60. The number of hydrogen-bond donors (Lipinski definition) is 1. The van der Waals surface area contributed by atoms with Crippen molar-refractivity contribution < 1.29 is 9.26 Å². The van der Waals surface area contributed by atoms with Crippen LogP contribution in [-0.4, -0.2) is 28.7 Å². The van der Waals surface area contributed by atoms with Crippen LogP contribution in [0, 0.1) is 0 Å². The van der Waals surface area contributed by atoms with Crippen molar-refractivity contribution in [1.29, 1.82) is 0 Å². The number of nitrogens with one attached hydrogen (secondary N) is 1. The average Bonchev–Trinajstić information content (AvgIpc) is 3.01. The molecule has 120 valence electrons. The molecule has 0 aliphatic heterocycles. The van der Waals surface area contributed by atoms with Gasteiger partial charge in [0.05, 0.1) is 19.3 Å². The molecule has 2 heterocycles. The molecule has 0 unspecified atom stereocenters. The molecule has 1 aromatic carbocycles. The molecule has 0 saturated carbocycles. The lowest BCUT2D eigenvalue weighted by Crippen LogP contribution is -2.23. The molecule has 0 aliphatic rings. The lowest BCUT2D eigenvalue weighted by Gasteiger charge is -2.14. The quantitative estimate of drug-likeness (QED) is 0.757. The van der Waals surface area contributed by atoms with Gasteiger partial charge in [0.15, 0.2) is 5.76 Å². The Kier molecular flexibility index (Phi) is 4.43. The summed E-state index contributed by atoms with van der Waals surface area (Å²) in [6, 6.07) is 9.39. The van der Waals surface area contributed by atoms with E-state index in [-0.39, 0.29) is 5.56 Å². The second-order valence-electron chi connectivity index (χ2n) is 5.46. The molecule has 2 aromatic heterocycles. The summed E-state index contributed by atoms with van der Waals surface area (Å²) in [7, 11) is 1.93. The van der Waals surface area contributed by atoms with Crippen LogP contribution >= 0.6 is 0 Å². The van der Waals surface area contributed by atoms with Crippen molar-refractivity contribution in [3.8, 4) is 5.75 Å². The van der Waals surface area contributed by atoms with Crippen molar-refractivity contribution >= 4 is 10.9 Å². The smallest absolute Gasteiger partial charge is 0.252 e. The fourth-order valence-electron chi connectivity index (χ4n) is 2.54. The number of aromatic nitrogens is 2. The zero-order valence-electron chi connectivity index (χ0n) is 13.2. The lowest BCUT2D eigenvalue weighted by atomic mass is 10.1. The van der Waals surface area contributed by atoms with E-state index in [1.165, 1.54) is 0 Å². The third-order valence-corrected chi connectivity index (χ3v) is 3.56. The van der Waals surface area contributed by atoms with Crippen molar-refractivity contribution in [3.05, 3.63) is 58.2 Å². The molecule has 1 N–H and O–H groups in total. The predicted octanol–water partition coefficient (Wildman–Crippen LogP) is 2.55. The van der Waals surface area contributed by atoms with E-state index in [0.29, 0.717) is 25.3 Å². The van der Waals surface area contributed by atoms with Crippen LogP contribution in [0.2, 0.25) is 0 Å². The number of H-pyrrole nitrogens is 1. The largest absolute Gasteiger partial charge is 0.494 e. The van der Waals surface area contributed by atoms with Gasteiger partial charge >= 0.3 is 0 Å². The molecule has 0 aliphatic carbocycles. The fourth-order valence-corrected chi connectivity index (χ4v) is 2.54. The first kappa shape index (κ1) is 15.3. The van der Waals surface area contributed by atoms with Gasteiger partial charge < -0.3 is 14.2 Å². The highest BCUT2D eigenvalue weighted by molar-refractivity contribution is 5.80. The molecule has 6 heteroatoms. The Balaban J connectivity index is 1.84. The standard InChI is InChI=1S/C17H19N3O3/c1-3-22-14-4-5-16-12(9-14)8-13(17(21)19-16)10-20(2)11-15-6-7-18-23-15/h4-9H,3,10-11H2,1-2H3,(H,19,21). The number of hydrogen-bond acceptors (Lipinski definition) is 5. The molecule has 0 radical (unpaired) electrons. The summed E-state index contributed by atoms with van der Waals surface area (Å²) >= 11 is 0. The Morgan fingerprint density at radius 1 is 1.26 bits per heavy atom. The van der Waals surface area contributed by atoms with Crippen molar-refractivity contribution in [2.75, 3.05) is 13.7 Å². The van der Waals surface area contributed by atoms with Gasteiger partial charge in [-0.2, -0.15) is 0 Å².